The first kappa shape index (κ1) is 24.2. The molecule has 2 aromatic rings. The molecule has 166 valence electrons. The molecule has 0 aromatic heterocycles. The predicted octanol–water partition coefficient (Wildman–Crippen LogP) is 7.58. The molecular weight excluding hydrogens is 473 g/mol. The van der Waals surface area contributed by atoms with E-state index in [0.29, 0.717) is 13.1 Å². The van der Waals surface area contributed by atoms with Crippen LogP contribution in [0.1, 0.15) is 48.7 Å². The molecule has 1 aliphatic rings. The van der Waals surface area contributed by atoms with Crippen LogP contribution in [-0.4, -0.2) is 25.7 Å². The van der Waals surface area contributed by atoms with E-state index in [9.17, 15) is 4.57 Å². The fourth-order valence-electron chi connectivity index (χ4n) is 3.91. The number of unbranched alkanes of at least 4 members (excludes halogenated alkanes) is 2. The molecule has 6 heteroatoms. The van der Waals surface area contributed by atoms with Crippen molar-refractivity contribution in [2.75, 3.05) is 20.8 Å². The number of nitrogens with zero attached hydrogens (tertiary/aromatic N) is 1. The first-order chi connectivity index (χ1) is 15.0. The van der Waals surface area contributed by atoms with Gasteiger partial charge in [0.05, 0.1) is 0 Å². The number of rotatable bonds is 9. The van der Waals surface area contributed by atoms with Crippen molar-refractivity contribution in [3.63, 3.8) is 0 Å². The summed E-state index contributed by atoms with van der Waals surface area (Å²) in [7, 11) is -0.489. The molecule has 0 saturated heterocycles. The summed E-state index contributed by atoms with van der Waals surface area (Å²) in [5.41, 5.74) is 4.33. The van der Waals surface area contributed by atoms with Gasteiger partial charge in [-0.25, -0.2) is 0 Å². The molecule has 0 aliphatic carbocycles. The highest BCUT2D eigenvalue weighted by atomic mass is 79.9. The van der Waals surface area contributed by atoms with Gasteiger partial charge in [-0.1, -0.05) is 90.3 Å². The third-order valence-corrected chi connectivity index (χ3v) is 8.26. The monoisotopic (exact) mass is 503 g/mol. The lowest BCUT2D eigenvalue weighted by atomic mass is 10.1. The van der Waals surface area contributed by atoms with Crippen molar-refractivity contribution in [1.29, 1.82) is 0 Å². The Morgan fingerprint density at radius 1 is 1.13 bits per heavy atom. The predicted molar refractivity (Wildman–Crippen MR) is 132 cm³/mol. The molecule has 3 rings (SSSR count). The van der Waals surface area contributed by atoms with Crippen molar-refractivity contribution >= 4 is 29.6 Å². The topological polar surface area (TPSA) is 38.8 Å². The molecule has 0 spiro atoms. The molecule has 2 aromatic carbocycles. The SMILES string of the molecule is CCCC/C=C/C1=Cc2ccccc2C(P(=O)(OC)OC)N(Cc2ccc(Br)cc2)C1. The van der Waals surface area contributed by atoms with Crippen LogP contribution < -0.4 is 0 Å². The van der Waals surface area contributed by atoms with E-state index in [1.165, 1.54) is 32.6 Å². The van der Waals surface area contributed by atoms with E-state index in [0.717, 1.165) is 27.6 Å². The van der Waals surface area contributed by atoms with Gasteiger partial charge in [-0.05, 0) is 40.8 Å². The van der Waals surface area contributed by atoms with Crippen LogP contribution in [0.4, 0.5) is 0 Å². The number of hydrogen-bond donors (Lipinski definition) is 0. The zero-order valence-electron chi connectivity index (χ0n) is 18.5. The molecule has 1 aliphatic heterocycles. The van der Waals surface area contributed by atoms with Crippen molar-refractivity contribution in [2.45, 2.75) is 38.5 Å². The maximum atomic E-state index is 13.7. The standard InChI is InChI=1S/C25H31BrNO3P/c1-4-5-6-7-10-21-17-22-11-8-9-12-24(22)25(31(28,29-2)30-3)27(19-21)18-20-13-15-23(26)16-14-20/h7-17,25H,4-6,18-19H2,1-3H3/b10-7+. The van der Waals surface area contributed by atoms with Gasteiger partial charge in [0, 0.05) is 31.8 Å². The second-order valence-electron chi connectivity index (χ2n) is 7.70. The maximum Gasteiger partial charge on any atom is 0.351 e. The van der Waals surface area contributed by atoms with Crippen LogP contribution in [0.25, 0.3) is 6.08 Å². The third kappa shape index (κ3) is 6.06. The average molecular weight is 504 g/mol. The molecule has 1 atom stereocenters. The van der Waals surface area contributed by atoms with E-state index in [2.05, 4.69) is 64.2 Å². The van der Waals surface area contributed by atoms with Gasteiger partial charge < -0.3 is 9.05 Å². The lowest BCUT2D eigenvalue weighted by molar-refractivity contribution is 0.194. The maximum absolute atomic E-state index is 13.7. The van der Waals surface area contributed by atoms with Crippen molar-refractivity contribution in [3.05, 3.63) is 87.4 Å². The Hall–Kier alpha value is -1.49. The van der Waals surface area contributed by atoms with Crippen molar-refractivity contribution < 1.29 is 13.6 Å². The summed E-state index contributed by atoms with van der Waals surface area (Å²) in [5.74, 6) is -0.500. The van der Waals surface area contributed by atoms with Gasteiger partial charge >= 0.3 is 7.60 Å². The molecule has 0 fully saturated rings. The lowest BCUT2D eigenvalue weighted by Gasteiger charge is -2.34. The van der Waals surface area contributed by atoms with E-state index in [1.807, 2.05) is 30.3 Å². The fraction of sp³-hybridized carbons (Fsp3) is 0.360. The average Bonchev–Trinajstić information content (AvgIpc) is 2.94. The smallest absolute Gasteiger partial charge is 0.311 e. The molecule has 0 radical (unpaired) electrons. The summed E-state index contributed by atoms with van der Waals surface area (Å²) < 4.78 is 25.8. The van der Waals surface area contributed by atoms with Crippen LogP contribution >= 0.6 is 23.5 Å². The summed E-state index contributed by atoms with van der Waals surface area (Å²) in [5, 5.41) is 0. The van der Waals surface area contributed by atoms with Gasteiger partial charge in [0.1, 0.15) is 5.78 Å². The van der Waals surface area contributed by atoms with E-state index < -0.39 is 13.4 Å². The highest BCUT2D eigenvalue weighted by Crippen LogP contribution is 2.62. The molecule has 0 N–H and O–H groups in total. The lowest BCUT2D eigenvalue weighted by Crippen LogP contribution is -2.30. The van der Waals surface area contributed by atoms with Crippen molar-refractivity contribution in [1.82, 2.24) is 4.90 Å². The second-order valence-corrected chi connectivity index (χ2v) is 10.9. The third-order valence-electron chi connectivity index (χ3n) is 5.51. The molecular formula is C25H31BrNO3P. The zero-order valence-corrected chi connectivity index (χ0v) is 20.9. The molecule has 31 heavy (non-hydrogen) atoms. The minimum atomic E-state index is -3.42. The number of hydrogen-bond acceptors (Lipinski definition) is 4. The Bertz CT molecular complexity index is 963. The molecule has 1 unspecified atom stereocenters. The van der Waals surface area contributed by atoms with Crippen LogP contribution in [0.15, 0.2) is 70.7 Å². The minimum absolute atomic E-state index is 0.500. The van der Waals surface area contributed by atoms with Crippen molar-refractivity contribution in [2.24, 2.45) is 0 Å². The van der Waals surface area contributed by atoms with Crippen LogP contribution in [0.2, 0.25) is 0 Å². The van der Waals surface area contributed by atoms with Crippen LogP contribution in [0.5, 0.6) is 0 Å². The van der Waals surface area contributed by atoms with Crippen molar-refractivity contribution in [3.8, 4) is 0 Å². The van der Waals surface area contributed by atoms with Gasteiger partial charge in [0.2, 0.25) is 0 Å². The first-order valence-electron chi connectivity index (χ1n) is 10.7. The van der Waals surface area contributed by atoms with Crippen LogP contribution in [0, 0.1) is 0 Å². The molecule has 0 bridgehead atoms. The van der Waals surface area contributed by atoms with E-state index in [1.54, 1.807) is 0 Å². The largest absolute Gasteiger partial charge is 0.351 e. The van der Waals surface area contributed by atoms with E-state index in [4.69, 9.17) is 9.05 Å². The number of benzene rings is 2. The molecule has 1 heterocycles. The minimum Gasteiger partial charge on any atom is -0.311 e. The number of allylic oxidation sites excluding steroid dienone is 1. The Kier molecular flexibility index (Phi) is 8.88. The quantitative estimate of drug-likeness (QED) is 0.261. The normalized spacial score (nSPS) is 17.4. The Morgan fingerprint density at radius 2 is 1.84 bits per heavy atom. The van der Waals surface area contributed by atoms with Crippen LogP contribution in [0.3, 0.4) is 0 Å². The molecule has 4 nitrogen and oxygen atoms in total. The van der Waals surface area contributed by atoms with Gasteiger partial charge in [-0.3, -0.25) is 9.46 Å². The van der Waals surface area contributed by atoms with E-state index in [-0.39, 0.29) is 0 Å². The highest BCUT2D eigenvalue weighted by Gasteiger charge is 2.42. The Labute approximate surface area is 194 Å². The first-order valence-corrected chi connectivity index (χ1v) is 13.1. The Balaban J connectivity index is 2.06. The van der Waals surface area contributed by atoms with Gasteiger partial charge in [-0.15, -0.1) is 0 Å². The zero-order chi connectivity index (χ0) is 22.3. The van der Waals surface area contributed by atoms with Gasteiger partial charge in [0.25, 0.3) is 0 Å². The summed E-state index contributed by atoms with van der Waals surface area (Å²) in [4.78, 5) is 2.21. The van der Waals surface area contributed by atoms with Gasteiger partial charge in [0.15, 0.2) is 0 Å². The summed E-state index contributed by atoms with van der Waals surface area (Å²) in [6, 6.07) is 16.3. The summed E-state index contributed by atoms with van der Waals surface area (Å²) in [6.45, 7) is 3.48. The van der Waals surface area contributed by atoms with E-state index >= 15 is 0 Å². The highest BCUT2D eigenvalue weighted by molar-refractivity contribution is 9.10. The van der Waals surface area contributed by atoms with Crippen LogP contribution in [-0.2, 0) is 20.2 Å². The number of fused-ring (bicyclic) bond motifs is 1. The summed E-state index contributed by atoms with van der Waals surface area (Å²) in [6.07, 6.45) is 10.0. The molecule has 0 saturated carbocycles. The number of halogens is 1. The van der Waals surface area contributed by atoms with Gasteiger partial charge in [-0.2, -0.15) is 0 Å². The second kappa shape index (κ2) is 11.4. The molecule has 0 amide bonds. The fourth-order valence-corrected chi connectivity index (χ4v) is 5.86. The Morgan fingerprint density at radius 3 is 2.52 bits per heavy atom. The summed E-state index contributed by atoms with van der Waals surface area (Å²) >= 11 is 3.50.